The zero-order valence-electron chi connectivity index (χ0n) is 14.5. The van der Waals surface area contributed by atoms with Gasteiger partial charge in [-0.2, -0.15) is 4.98 Å². The van der Waals surface area contributed by atoms with Crippen molar-refractivity contribution in [2.75, 3.05) is 49.7 Å². The van der Waals surface area contributed by atoms with E-state index in [1.807, 2.05) is 6.92 Å². The minimum Gasteiger partial charge on any atom is -0.360 e. The number of aromatic nitrogens is 2. The van der Waals surface area contributed by atoms with Crippen LogP contribution in [0.15, 0.2) is 6.07 Å². The molecule has 23 heavy (non-hydrogen) atoms. The average molecular weight is 320 g/mol. The van der Waals surface area contributed by atoms with Crippen molar-refractivity contribution in [2.45, 2.75) is 45.3 Å². The standard InChI is InChI=1S/C17H28N4O2/c1-4-5-8-20(3)15-13-14(2)18-16(19-15)21-9-6-17(7-10-21)22-11-12-23-17/h13H,4-12H2,1-3H3. The van der Waals surface area contributed by atoms with Crippen molar-refractivity contribution in [3.05, 3.63) is 11.8 Å². The average Bonchev–Trinajstić information content (AvgIpc) is 3.01. The number of anilines is 2. The molecule has 0 saturated carbocycles. The van der Waals surface area contributed by atoms with Crippen molar-refractivity contribution in [1.29, 1.82) is 0 Å². The van der Waals surface area contributed by atoms with Gasteiger partial charge < -0.3 is 19.3 Å². The first kappa shape index (κ1) is 16.5. The van der Waals surface area contributed by atoms with E-state index in [9.17, 15) is 0 Å². The molecular formula is C17H28N4O2. The van der Waals surface area contributed by atoms with Gasteiger partial charge in [-0.05, 0) is 13.3 Å². The highest BCUT2D eigenvalue weighted by Gasteiger charge is 2.40. The number of ether oxygens (including phenoxy) is 2. The van der Waals surface area contributed by atoms with Gasteiger partial charge in [-0.3, -0.25) is 0 Å². The maximum absolute atomic E-state index is 5.80. The van der Waals surface area contributed by atoms with E-state index < -0.39 is 0 Å². The smallest absolute Gasteiger partial charge is 0.227 e. The van der Waals surface area contributed by atoms with E-state index in [1.165, 1.54) is 12.8 Å². The predicted octanol–water partition coefficient (Wildman–Crippen LogP) is 2.36. The normalized spacial score (nSPS) is 20.2. The second-order valence-electron chi connectivity index (χ2n) is 6.54. The van der Waals surface area contributed by atoms with Crippen LogP contribution in [-0.2, 0) is 9.47 Å². The summed E-state index contributed by atoms with van der Waals surface area (Å²) in [7, 11) is 2.10. The van der Waals surface area contributed by atoms with Crippen LogP contribution in [-0.4, -0.2) is 55.7 Å². The topological polar surface area (TPSA) is 50.7 Å². The summed E-state index contributed by atoms with van der Waals surface area (Å²) in [6, 6.07) is 2.06. The Balaban J connectivity index is 1.69. The minimum atomic E-state index is -0.346. The fraction of sp³-hybridized carbons (Fsp3) is 0.765. The van der Waals surface area contributed by atoms with Gasteiger partial charge in [0.15, 0.2) is 5.79 Å². The lowest BCUT2D eigenvalue weighted by Crippen LogP contribution is -2.45. The van der Waals surface area contributed by atoms with Crippen LogP contribution in [0.3, 0.4) is 0 Å². The lowest BCUT2D eigenvalue weighted by Gasteiger charge is -2.37. The van der Waals surface area contributed by atoms with Crippen molar-refractivity contribution >= 4 is 11.8 Å². The van der Waals surface area contributed by atoms with Crippen LogP contribution in [0.25, 0.3) is 0 Å². The first-order valence-electron chi connectivity index (χ1n) is 8.71. The first-order valence-corrected chi connectivity index (χ1v) is 8.71. The van der Waals surface area contributed by atoms with E-state index in [0.717, 1.165) is 49.9 Å². The summed E-state index contributed by atoms with van der Waals surface area (Å²) in [6.07, 6.45) is 4.13. The van der Waals surface area contributed by atoms with Gasteiger partial charge in [0, 0.05) is 51.3 Å². The van der Waals surface area contributed by atoms with Gasteiger partial charge in [0.1, 0.15) is 5.82 Å². The Bertz CT molecular complexity index is 521. The van der Waals surface area contributed by atoms with Crippen molar-refractivity contribution in [3.63, 3.8) is 0 Å². The second-order valence-corrected chi connectivity index (χ2v) is 6.54. The molecule has 128 valence electrons. The molecular weight excluding hydrogens is 292 g/mol. The van der Waals surface area contributed by atoms with E-state index in [1.54, 1.807) is 0 Å². The molecule has 0 N–H and O–H groups in total. The van der Waals surface area contributed by atoms with Crippen LogP contribution >= 0.6 is 0 Å². The summed E-state index contributed by atoms with van der Waals surface area (Å²) in [6.45, 7) is 8.46. The number of piperidine rings is 1. The highest BCUT2D eigenvalue weighted by Crippen LogP contribution is 2.32. The van der Waals surface area contributed by atoms with Crippen molar-refractivity contribution in [3.8, 4) is 0 Å². The molecule has 1 aromatic rings. The summed E-state index contributed by atoms with van der Waals surface area (Å²) in [5.41, 5.74) is 1.02. The Hall–Kier alpha value is -1.40. The molecule has 0 radical (unpaired) electrons. The zero-order chi connectivity index (χ0) is 16.3. The molecule has 2 aliphatic rings. The van der Waals surface area contributed by atoms with Crippen molar-refractivity contribution in [2.24, 2.45) is 0 Å². The molecule has 6 nitrogen and oxygen atoms in total. The molecule has 6 heteroatoms. The van der Waals surface area contributed by atoms with Crippen molar-refractivity contribution < 1.29 is 9.47 Å². The van der Waals surface area contributed by atoms with Gasteiger partial charge >= 0.3 is 0 Å². The quantitative estimate of drug-likeness (QED) is 0.830. The fourth-order valence-corrected chi connectivity index (χ4v) is 3.22. The van der Waals surface area contributed by atoms with E-state index in [0.29, 0.717) is 13.2 Å². The molecule has 1 spiro atoms. The molecule has 1 aromatic heterocycles. The lowest BCUT2D eigenvalue weighted by atomic mass is 10.0. The SMILES string of the molecule is CCCCN(C)c1cc(C)nc(N2CCC3(CC2)OCCO3)n1. The maximum atomic E-state index is 5.80. The van der Waals surface area contributed by atoms with Crippen LogP contribution in [0.4, 0.5) is 11.8 Å². The highest BCUT2D eigenvalue weighted by molar-refractivity contribution is 5.45. The molecule has 0 unspecified atom stereocenters. The largest absolute Gasteiger partial charge is 0.360 e. The number of unbranched alkanes of at least 4 members (excludes halogenated alkanes) is 1. The molecule has 0 amide bonds. The molecule has 0 aliphatic carbocycles. The number of hydrogen-bond acceptors (Lipinski definition) is 6. The summed E-state index contributed by atoms with van der Waals surface area (Å²) in [5, 5.41) is 0. The summed E-state index contributed by atoms with van der Waals surface area (Å²) >= 11 is 0. The third kappa shape index (κ3) is 3.75. The van der Waals surface area contributed by atoms with E-state index in [-0.39, 0.29) is 5.79 Å². The van der Waals surface area contributed by atoms with E-state index in [2.05, 4.69) is 34.8 Å². The summed E-state index contributed by atoms with van der Waals surface area (Å²) in [5.74, 6) is 1.49. The first-order chi connectivity index (χ1) is 11.1. The van der Waals surface area contributed by atoms with Crippen LogP contribution in [0.5, 0.6) is 0 Å². The van der Waals surface area contributed by atoms with Crippen LogP contribution in [0.2, 0.25) is 0 Å². The minimum absolute atomic E-state index is 0.346. The molecule has 0 bridgehead atoms. The Morgan fingerprint density at radius 3 is 2.57 bits per heavy atom. The van der Waals surface area contributed by atoms with Crippen LogP contribution < -0.4 is 9.80 Å². The van der Waals surface area contributed by atoms with Crippen LogP contribution in [0, 0.1) is 6.92 Å². The molecule has 2 saturated heterocycles. The third-order valence-corrected chi connectivity index (χ3v) is 4.69. The Morgan fingerprint density at radius 1 is 1.22 bits per heavy atom. The number of rotatable bonds is 5. The summed E-state index contributed by atoms with van der Waals surface area (Å²) in [4.78, 5) is 13.9. The second kappa shape index (κ2) is 7.01. The molecule has 2 fully saturated rings. The maximum Gasteiger partial charge on any atom is 0.227 e. The Kier molecular flexibility index (Phi) is 5.02. The van der Waals surface area contributed by atoms with E-state index in [4.69, 9.17) is 14.5 Å². The molecule has 3 rings (SSSR count). The van der Waals surface area contributed by atoms with E-state index >= 15 is 0 Å². The number of nitrogens with zero attached hydrogens (tertiary/aromatic N) is 4. The van der Waals surface area contributed by atoms with Crippen molar-refractivity contribution in [1.82, 2.24) is 9.97 Å². The Labute approximate surface area is 138 Å². The monoisotopic (exact) mass is 320 g/mol. The van der Waals surface area contributed by atoms with Gasteiger partial charge in [0.05, 0.1) is 13.2 Å². The van der Waals surface area contributed by atoms with Gasteiger partial charge in [-0.1, -0.05) is 13.3 Å². The molecule has 0 atom stereocenters. The molecule has 2 aliphatic heterocycles. The number of aryl methyl sites for hydroxylation is 1. The van der Waals surface area contributed by atoms with Gasteiger partial charge in [-0.25, -0.2) is 4.98 Å². The van der Waals surface area contributed by atoms with Crippen LogP contribution in [0.1, 0.15) is 38.3 Å². The van der Waals surface area contributed by atoms with Gasteiger partial charge in [0.25, 0.3) is 0 Å². The Morgan fingerprint density at radius 2 is 1.91 bits per heavy atom. The zero-order valence-corrected chi connectivity index (χ0v) is 14.5. The third-order valence-electron chi connectivity index (χ3n) is 4.69. The lowest BCUT2D eigenvalue weighted by molar-refractivity contribution is -0.169. The van der Waals surface area contributed by atoms with Gasteiger partial charge in [0.2, 0.25) is 5.95 Å². The molecule has 3 heterocycles. The molecule has 0 aromatic carbocycles. The predicted molar refractivity (Wildman–Crippen MR) is 91.0 cm³/mol. The fourth-order valence-electron chi connectivity index (χ4n) is 3.22. The highest BCUT2D eigenvalue weighted by atomic mass is 16.7. The van der Waals surface area contributed by atoms with Gasteiger partial charge in [-0.15, -0.1) is 0 Å². The summed E-state index contributed by atoms with van der Waals surface area (Å²) < 4.78 is 11.6. The number of hydrogen-bond donors (Lipinski definition) is 0.